The largest absolute Gasteiger partial charge is 0.495 e. The number of ether oxygens (including phenoxy) is 2. The van der Waals surface area contributed by atoms with Gasteiger partial charge in [0.1, 0.15) is 11.5 Å². The standard InChI is InChI=1S/C24H23ClN2O5S/c1-31-22-14-23(32-2)21(13-20(22)25)26-24(28)17-8-5-9-19(12-17)33(29,30)27-11-10-16-6-3-4-7-18(16)15-27/h3-9,12-14H,10-11,15H2,1-2H3,(H,26,28). The second kappa shape index (κ2) is 9.43. The lowest BCUT2D eigenvalue weighted by Gasteiger charge is -2.28. The Kier molecular flexibility index (Phi) is 6.60. The second-order valence-corrected chi connectivity index (χ2v) is 9.87. The SMILES string of the molecule is COc1cc(OC)c(NC(=O)c2cccc(S(=O)(=O)N3CCc4ccccc4C3)c2)cc1Cl. The van der Waals surface area contributed by atoms with Gasteiger partial charge in [-0.05, 0) is 41.8 Å². The van der Waals surface area contributed by atoms with Crippen molar-refractivity contribution in [2.24, 2.45) is 0 Å². The van der Waals surface area contributed by atoms with E-state index in [1.54, 1.807) is 18.2 Å². The maximum absolute atomic E-state index is 13.3. The summed E-state index contributed by atoms with van der Waals surface area (Å²) in [4.78, 5) is 13.0. The van der Waals surface area contributed by atoms with Gasteiger partial charge in [0.15, 0.2) is 0 Å². The van der Waals surface area contributed by atoms with Crippen molar-refractivity contribution in [3.63, 3.8) is 0 Å². The molecule has 7 nitrogen and oxygen atoms in total. The number of benzene rings is 3. The van der Waals surface area contributed by atoms with Crippen molar-refractivity contribution < 1.29 is 22.7 Å². The number of sulfonamides is 1. The van der Waals surface area contributed by atoms with Gasteiger partial charge in [-0.15, -0.1) is 0 Å². The predicted octanol–water partition coefficient (Wildman–Crippen LogP) is 4.36. The number of anilines is 1. The fourth-order valence-electron chi connectivity index (χ4n) is 3.77. The molecule has 0 atom stereocenters. The molecule has 0 radical (unpaired) electrons. The van der Waals surface area contributed by atoms with Crippen LogP contribution in [0.5, 0.6) is 11.5 Å². The molecule has 1 aliphatic heterocycles. The van der Waals surface area contributed by atoms with Crippen LogP contribution < -0.4 is 14.8 Å². The molecular weight excluding hydrogens is 464 g/mol. The number of nitrogens with one attached hydrogen (secondary N) is 1. The lowest BCUT2D eigenvalue weighted by molar-refractivity contribution is 0.102. The van der Waals surface area contributed by atoms with E-state index in [-0.39, 0.29) is 10.5 Å². The number of fused-ring (bicyclic) bond motifs is 1. The van der Waals surface area contributed by atoms with Gasteiger partial charge >= 0.3 is 0 Å². The van der Waals surface area contributed by atoms with Crippen LogP contribution in [0.1, 0.15) is 21.5 Å². The third-order valence-electron chi connectivity index (χ3n) is 5.55. The van der Waals surface area contributed by atoms with Crippen LogP contribution in [0.3, 0.4) is 0 Å². The first kappa shape index (κ1) is 23.1. The maximum Gasteiger partial charge on any atom is 0.255 e. The number of amides is 1. The molecule has 0 fully saturated rings. The van der Waals surface area contributed by atoms with Crippen molar-refractivity contribution in [3.05, 3.63) is 82.4 Å². The quantitative estimate of drug-likeness (QED) is 0.559. The van der Waals surface area contributed by atoms with Gasteiger partial charge in [-0.1, -0.05) is 41.9 Å². The van der Waals surface area contributed by atoms with E-state index >= 15 is 0 Å². The Labute approximate surface area is 197 Å². The Morgan fingerprint density at radius 3 is 2.42 bits per heavy atom. The zero-order valence-corrected chi connectivity index (χ0v) is 19.7. The van der Waals surface area contributed by atoms with Gasteiger partial charge in [0.05, 0.1) is 29.8 Å². The number of methoxy groups -OCH3 is 2. The molecular formula is C24H23ClN2O5S. The Balaban J connectivity index is 1.58. The fraction of sp³-hybridized carbons (Fsp3) is 0.208. The van der Waals surface area contributed by atoms with Gasteiger partial charge in [-0.3, -0.25) is 4.79 Å². The molecule has 0 saturated heterocycles. The van der Waals surface area contributed by atoms with Crippen LogP contribution in [0.25, 0.3) is 0 Å². The van der Waals surface area contributed by atoms with E-state index in [9.17, 15) is 13.2 Å². The number of carbonyl (C=O) groups excluding carboxylic acids is 1. The van der Waals surface area contributed by atoms with Gasteiger partial charge < -0.3 is 14.8 Å². The highest BCUT2D eigenvalue weighted by Crippen LogP contribution is 2.36. The maximum atomic E-state index is 13.3. The summed E-state index contributed by atoms with van der Waals surface area (Å²) in [5, 5.41) is 3.03. The van der Waals surface area contributed by atoms with E-state index in [0.29, 0.717) is 41.7 Å². The van der Waals surface area contributed by atoms with Crippen molar-refractivity contribution in [2.45, 2.75) is 17.9 Å². The van der Waals surface area contributed by atoms with Gasteiger partial charge in [-0.2, -0.15) is 4.31 Å². The van der Waals surface area contributed by atoms with Crippen molar-refractivity contribution in [3.8, 4) is 11.5 Å². The minimum Gasteiger partial charge on any atom is -0.495 e. The number of halogens is 1. The molecule has 3 aromatic rings. The van der Waals surface area contributed by atoms with E-state index in [1.165, 1.54) is 36.7 Å². The molecule has 0 spiro atoms. The molecule has 9 heteroatoms. The Morgan fingerprint density at radius 1 is 0.970 bits per heavy atom. The topological polar surface area (TPSA) is 84.9 Å². The average molecular weight is 487 g/mol. The molecule has 33 heavy (non-hydrogen) atoms. The summed E-state index contributed by atoms with van der Waals surface area (Å²) in [6, 6.07) is 16.9. The molecule has 1 N–H and O–H groups in total. The second-order valence-electron chi connectivity index (χ2n) is 7.53. The Morgan fingerprint density at radius 2 is 1.70 bits per heavy atom. The molecule has 0 aliphatic carbocycles. The zero-order valence-electron chi connectivity index (χ0n) is 18.2. The molecule has 1 heterocycles. The average Bonchev–Trinajstić information content (AvgIpc) is 2.84. The molecule has 0 bridgehead atoms. The first-order chi connectivity index (χ1) is 15.8. The lowest BCUT2D eigenvalue weighted by atomic mass is 10.0. The van der Waals surface area contributed by atoms with E-state index < -0.39 is 15.9 Å². The van der Waals surface area contributed by atoms with E-state index in [0.717, 1.165) is 11.1 Å². The van der Waals surface area contributed by atoms with Gasteiger partial charge in [0.2, 0.25) is 10.0 Å². The summed E-state index contributed by atoms with van der Waals surface area (Å²) >= 11 is 6.18. The summed E-state index contributed by atoms with van der Waals surface area (Å²) in [6.07, 6.45) is 0.646. The molecule has 0 aromatic heterocycles. The molecule has 1 aliphatic rings. The summed E-state index contributed by atoms with van der Waals surface area (Å²) in [5.41, 5.74) is 2.69. The Hall–Kier alpha value is -3.07. The summed E-state index contributed by atoms with van der Waals surface area (Å²) < 4.78 is 38.5. The minimum atomic E-state index is -3.77. The van der Waals surface area contributed by atoms with Crippen LogP contribution in [0.2, 0.25) is 5.02 Å². The van der Waals surface area contributed by atoms with Crippen LogP contribution in [0.4, 0.5) is 5.69 Å². The van der Waals surface area contributed by atoms with Crippen LogP contribution in [0, 0.1) is 0 Å². The summed E-state index contributed by atoms with van der Waals surface area (Å²) in [5.74, 6) is 0.277. The normalized spacial score (nSPS) is 13.8. The molecule has 3 aromatic carbocycles. The third-order valence-corrected chi connectivity index (χ3v) is 7.69. The highest BCUT2D eigenvalue weighted by Gasteiger charge is 2.28. The smallest absolute Gasteiger partial charge is 0.255 e. The molecule has 172 valence electrons. The first-order valence-electron chi connectivity index (χ1n) is 10.2. The van der Waals surface area contributed by atoms with Crippen molar-refractivity contribution in [2.75, 3.05) is 26.1 Å². The van der Waals surface area contributed by atoms with Gasteiger partial charge in [0.25, 0.3) is 5.91 Å². The van der Waals surface area contributed by atoms with Crippen molar-refractivity contribution in [1.29, 1.82) is 0 Å². The molecule has 0 saturated carbocycles. The number of hydrogen-bond donors (Lipinski definition) is 1. The fourth-order valence-corrected chi connectivity index (χ4v) is 5.48. The number of hydrogen-bond acceptors (Lipinski definition) is 5. The highest BCUT2D eigenvalue weighted by molar-refractivity contribution is 7.89. The third kappa shape index (κ3) is 4.68. The summed E-state index contributed by atoms with van der Waals surface area (Å²) in [6.45, 7) is 0.688. The van der Waals surface area contributed by atoms with Crippen LogP contribution in [-0.4, -0.2) is 39.4 Å². The minimum absolute atomic E-state index is 0.0641. The molecule has 1 amide bonds. The Bertz CT molecular complexity index is 1310. The van der Waals surface area contributed by atoms with E-state index in [1.807, 2.05) is 24.3 Å². The van der Waals surface area contributed by atoms with Crippen LogP contribution >= 0.6 is 11.6 Å². The van der Waals surface area contributed by atoms with E-state index in [2.05, 4.69) is 5.32 Å². The van der Waals surface area contributed by atoms with Gasteiger partial charge in [0, 0.05) is 24.7 Å². The van der Waals surface area contributed by atoms with Crippen LogP contribution in [-0.2, 0) is 23.0 Å². The lowest BCUT2D eigenvalue weighted by Crippen LogP contribution is -2.36. The number of nitrogens with zero attached hydrogens (tertiary/aromatic N) is 1. The molecule has 4 rings (SSSR count). The van der Waals surface area contributed by atoms with Crippen molar-refractivity contribution in [1.82, 2.24) is 4.31 Å². The highest BCUT2D eigenvalue weighted by atomic mass is 35.5. The van der Waals surface area contributed by atoms with Crippen LogP contribution in [0.15, 0.2) is 65.6 Å². The first-order valence-corrected chi connectivity index (χ1v) is 12.0. The van der Waals surface area contributed by atoms with Crippen molar-refractivity contribution >= 4 is 33.2 Å². The zero-order chi connectivity index (χ0) is 23.6. The summed E-state index contributed by atoms with van der Waals surface area (Å²) in [7, 11) is -0.833. The monoisotopic (exact) mass is 486 g/mol. The number of carbonyl (C=O) groups is 1. The number of rotatable bonds is 6. The van der Waals surface area contributed by atoms with Gasteiger partial charge in [-0.25, -0.2) is 8.42 Å². The predicted molar refractivity (Wildman–Crippen MR) is 127 cm³/mol. The molecule has 0 unspecified atom stereocenters. The van der Waals surface area contributed by atoms with E-state index in [4.69, 9.17) is 21.1 Å².